The number of carboxylic acids is 1. The summed E-state index contributed by atoms with van der Waals surface area (Å²) in [5.74, 6) is -2.57. The summed E-state index contributed by atoms with van der Waals surface area (Å²) in [6, 6.07) is 7.80. The predicted molar refractivity (Wildman–Crippen MR) is 64.2 cm³/mol. The van der Waals surface area contributed by atoms with Gasteiger partial charge < -0.3 is 9.84 Å². The lowest BCUT2D eigenvalue weighted by Gasteiger charge is -2.03. The zero-order valence-corrected chi connectivity index (χ0v) is 10.1. The molecule has 0 aromatic heterocycles. The third kappa shape index (κ3) is 2.68. The van der Waals surface area contributed by atoms with E-state index in [1.165, 1.54) is 12.1 Å². The fourth-order valence-corrected chi connectivity index (χ4v) is 2.32. The SMILES string of the molecule is O=C(O)C1=NS(=O)(=O)C(C(=O)Oc2ccccc2)=C1. The van der Waals surface area contributed by atoms with Gasteiger partial charge in [-0.15, -0.1) is 0 Å². The second kappa shape index (κ2) is 4.65. The van der Waals surface area contributed by atoms with Gasteiger partial charge in [0.15, 0.2) is 10.6 Å². The lowest BCUT2D eigenvalue weighted by Crippen LogP contribution is -2.15. The van der Waals surface area contributed by atoms with Crippen molar-refractivity contribution in [2.75, 3.05) is 0 Å². The number of rotatable bonds is 3. The molecule has 0 atom stereocenters. The van der Waals surface area contributed by atoms with Gasteiger partial charge >= 0.3 is 11.9 Å². The summed E-state index contributed by atoms with van der Waals surface area (Å²) >= 11 is 0. The van der Waals surface area contributed by atoms with E-state index < -0.39 is 32.6 Å². The first-order chi connectivity index (χ1) is 8.90. The van der Waals surface area contributed by atoms with Gasteiger partial charge in [-0.2, -0.15) is 12.8 Å². The third-order valence-corrected chi connectivity index (χ3v) is 3.42. The van der Waals surface area contributed by atoms with Crippen molar-refractivity contribution in [3.63, 3.8) is 0 Å². The summed E-state index contributed by atoms with van der Waals surface area (Å²) < 4.78 is 30.7. The molecule has 1 aromatic carbocycles. The van der Waals surface area contributed by atoms with Crippen LogP contribution in [0.1, 0.15) is 0 Å². The maximum absolute atomic E-state index is 11.7. The van der Waals surface area contributed by atoms with Gasteiger partial charge in [0.25, 0.3) is 10.0 Å². The van der Waals surface area contributed by atoms with Crippen LogP contribution in [0.2, 0.25) is 0 Å². The van der Waals surface area contributed by atoms with Gasteiger partial charge in [-0.1, -0.05) is 18.2 Å². The zero-order valence-electron chi connectivity index (χ0n) is 9.31. The van der Waals surface area contributed by atoms with Crippen LogP contribution in [0.4, 0.5) is 0 Å². The van der Waals surface area contributed by atoms with Gasteiger partial charge in [-0.3, -0.25) is 0 Å². The summed E-state index contributed by atoms with van der Waals surface area (Å²) in [7, 11) is -4.31. The molecule has 1 aliphatic rings. The van der Waals surface area contributed by atoms with Crippen molar-refractivity contribution in [3.05, 3.63) is 41.3 Å². The molecule has 1 N–H and O–H groups in total. The van der Waals surface area contributed by atoms with Crippen molar-refractivity contribution < 1.29 is 27.9 Å². The normalized spacial score (nSPS) is 16.4. The minimum atomic E-state index is -4.31. The van der Waals surface area contributed by atoms with Crippen LogP contribution in [-0.2, 0) is 19.6 Å². The van der Waals surface area contributed by atoms with E-state index in [2.05, 4.69) is 4.40 Å². The molecule has 0 bridgehead atoms. The summed E-state index contributed by atoms with van der Waals surface area (Å²) in [6.07, 6.45) is 0.670. The Balaban J connectivity index is 2.27. The Morgan fingerprint density at radius 1 is 1.16 bits per heavy atom. The predicted octanol–water partition coefficient (Wildman–Crippen LogP) is 0.345. The highest BCUT2D eigenvalue weighted by Gasteiger charge is 2.34. The molecule has 8 heteroatoms. The third-order valence-electron chi connectivity index (χ3n) is 2.14. The molecule has 1 aromatic rings. The van der Waals surface area contributed by atoms with E-state index in [-0.39, 0.29) is 5.75 Å². The van der Waals surface area contributed by atoms with Crippen LogP contribution in [0.25, 0.3) is 0 Å². The van der Waals surface area contributed by atoms with Crippen molar-refractivity contribution in [1.82, 2.24) is 0 Å². The van der Waals surface area contributed by atoms with Crippen molar-refractivity contribution in [2.24, 2.45) is 4.40 Å². The van der Waals surface area contributed by atoms with Crippen molar-refractivity contribution in [1.29, 1.82) is 0 Å². The first kappa shape index (κ1) is 13.0. The molecule has 1 heterocycles. The van der Waals surface area contributed by atoms with E-state index in [1.54, 1.807) is 18.2 Å². The van der Waals surface area contributed by atoms with Crippen molar-refractivity contribution in [2.45, 2.75) is 0 Å². The van der Waals surface area contributed by atoms with Gasteiger partial charge in [-0.05, 0) is 12.1 Å². The number of esters is 1. The lowest BCUT2D eigenvalue weighted by molar-refractivity contribution is -0.130. The Morgan fingerprint density at radius 2 is 1.79 bits per heavy atom. The Bertz CT molecular complexity index is 702. The molecule has 0 radical (unpaired) electrons. The molecule has 0 spiro atoms. The largest absolute Gasteiger partial charge is 0.476 e. The van der Waals surface area contributed by atoms with Crippen molar-refractivity contribution in [3.8, 4) is 5.75 Å². The zero-order chi connectivity index (χ0) is 14.0. The average molecular weight is 281 g/mol. The van der Waals surface area contributed by atoms with Crippen LogP contribution in [0.15, 0.2) is 45.7 Å². The number of nitrogens with zero attached hydrogens (tertiary/aromatic N) is 1. The van der Waals surface area contributed by atoms with E-state index in [0.29, 0.717) is 6.08 Å². The number of sulfonamides is 1. The standard InChI is InChI=1S/C11H7NO6S/c13-10(14)8-6-9(19(16,17)12-8)11(15)18-7-4-2-1-3-5-7/h1-6H,(H,13,14). The second-order valence-corrected chi connectivity index (χ2v) is 5.04. The van der Waals surface area contributed by atoms with Crippen molar-refractivity contribution >= 4 is 27.7 Å². The average Bonchev–Trinajstić information content (AvgIpc) is 2.66. The van der Waals surface area contributed by atoms with E-state index in [4.69, 9.17) is 9.84 Å². The molecular formula is C11H7NO6S. The number of benzene rings is 1. The molecule has 1 aliphatic heterocycles. The number of hydrogen-bond acceptors (Lipinski definition) is 5. The first-order valence-corrected chi connectivity index (χ1v) is 6.41. The lowest BCUT2D eigenvalue weighted by atomic mass is 10.3. The van der Waals surface area contributed by atoms with Gasteiger partial charge in [0.1, 0.15) is 5.75 Å². The fourth-order valence-electron chi connectivity index (χ4n) is 1.31. The van der Waals surface area contributed by atoms with Crippen LogP contribution in [0, 0.1) is 0 Å². The monoisotopic (exact) mass is 281 g/mol. The second-order valence-electron chi connectivity index (χ2n) is 3.47. The van der Waals surface area contributed by atoms with Gasteiger partial charge in [0, 0.05) is 6.08 Å². The highest BCUT2D eigenvalue weighted by molar-refractivity contribution is 7.95. The number of aliphatic carboxylic acids is 1. The summed E-state index contributed by atoms with van der Waals surface area (Å²) in [4.78, 5) is 21.5. The first-order valence-electron chi connectivity index (χ1n) is 4.97. The number of para-hydroxylation sites is 1. The van der Waals surface area contributed by atoms with Gasteiger partial charge in [0.05, 0.1) is 0 Å². The summed E-state index contributed by atoms with van der Waals surface area (Å²) in [5, 5.41) is 8.64. The number of ether oxygens (including phenoxy) is 1. The molecule has 98 valence electrons. The molecule has 0 saturated heterocycles. The molecular weight excluding hydrogens is 274 g/mol. The molecule has 19 heavy (non-hydrogen) atoms. The van der Waals surface area contributed by atoms with Crippen LogP contribution in [0.3, 0.4) is 0 Å². The Morgan fingerprint density at radius 3 is 2.32 bits per heavy atom. The number of carbonyl (C=O) groups excluding carboxylic acids is 1. The maximum Gasteiger partial charge on any atom is 0.357 e. The van der Waals surface area contributed by atoms with Gasteiger partial charge in [-0.25, -0.2) is 9.59 Å². The number of hydrogen-bond donors (Lipinski definition) is 1. The minimum Gasteiger partial charge on any atom is -0.476 e. The molecule has 0 unspecified atom stereocenters. The summed E-state index contributed by atoms with van der Waals surface area (Å²) in [5.41, 5.74) is -0.722. The van der Waals surface area contributed by atoms with Gasteiger partial charge in [0.2, 0.25) is 0 Å². The molecule has 0 aliphatic carbocycles. The van der Waals surface area contributed by atoms with Crippen LogP contribution in [-0.4, -0.2) is 31.2 Å². The highest BCUT2D eigenvalue weighted by Crippen LogP contribution is 2.20. The van der Waals surface area contributed by atoms with E-state index >= 15 is 0 Å². The minimum absolute atomic E-state index is 0.146. The topological polar surface area (TPSA) is 110 Å². The molecule has 0 fully saturated rings. The molecule has 0 amide bonds. The molecule has 0 saturated carbocycles. The van der Waals surface area contributed by atoms with Crippen LogP contribution in [0.5, 0.6) is 5.75 Å². The van der Waals surface area contributed by atoms with E-state index in [9.17, 15) is 18.0 Å². The molecule has 7 nitrogen and oxygen atoms in total. The quantitative estimate of drug-likeness (QED) is 0.632. The smallest absolute Gasteiger partial charge is 0.357 e. The van der Waals surface area contributed by atoms with Crippen LogP contribution < -0.4 is 4.74 Å². The number of carboxylic acid groups (broad SMARTS) is 1. The fraction of sp³-hybridized carbons (Fsp3) is 0. The number of carbonyl (C=O) groups is 2. The Labute approximate surface area is 107 Å². The van der Waals surface area contributed by atoms with E-state index in [1.807, 2.05) is 0 Å². The molecule has 2 rings (SSSR count). The van der Waals surface area contributed by atoms with E-state index in [0.717, 1.165) is 0 Å². The Hall–Kier alpha value is -2.48. The maximum atomic E-state index is 11.7. The highest BCUT2D eigenvalue weighted by atomic mass is 32.2. The summed E-state index contributed by atoms with van der Waals surface area (Å²) in [6.45, 7) is 0. The Kier molecular flexibility index (Phi) is 3.17. The van der Waals surface area contributed by atoms with Crippen LogP contribution >= 0.6 is 0 Å².